The quantitative estimate of drug-likeness (QED) is 0.569. The van der Waals surface area contributed by atoms with E-state index >= 15 is 0 Å². The van der Waals surface area contributed by atoms with Gasteiger partial charge in [-0.25, -0.2) is 8.42 Å². The third-order valence-electron chi connectivity index (χ3n) is 7.69. The summed E-state index contributed by atoms with van der Waals surface area (Å²) in [7, 11) is -3.59. The fourth-order valence-electron chi connectivity index (χ4n) is 5.83. The summed E-state index contributed by atoms with van der Waals surface area (Å²) in [5.41, 5.74) is 5.51. The minimum Gasteiger partial charge on any atom is -0.395 e. The van der Waals surface area contributed by atoms with Crippen molar-refractivity contribution in [1.82, 2.24) is 9.21 Å². The molecule has 0 amide bonds. The van der Waals surface area contributed by atoms with Gasteiger partial charge in [-0.3, -0.25) is 4.90 Å². The number of sulfonamides is 1. The molecule has 0 aromatic heterocycles. The topological polar surface area (TPSA) is 60.9 Å². The second kappa shape index (κ2) is 9.86. The molecule has 2 aliphatic heterocycles. The van der Waals surface area contributed by atoms with Crippen molar-refractivity contribution in [1.29, 1.82) is 0 Å². The van der Waals surface area contributed by atoms with E-state index in [2.05, 4.69) is 60.4 Å². The molecule has 0 aliphatic carbocycles. The van der Waals surface area contributed by atoms with Gasteiger partial charge in [0.15, 0.2) is 0 Å². The number of rotatable bonds is 5. The highest BCUT2D eigenvalue weighted by Crippen LogP contribution is 2.43. The van der Waals surface area contributed by atoms with Gasteiger partial charge < -0.3 is 5.11 Å². The monoisotopic (exact) mass is 490 g/mol. The summed E-state index contributed by atoms with van der Waals surface area (Å²) in [4.78, 5) is 2.71. The number of nitrogens with zero attached hydrogens (tertiary/aromatic N) is 2. The molecule has 0 unspecified atom stereocenters. The number of fused-ring (bicyclic) bond motifs is 1. The Labute approximate surface area is 209 Å². The first kappa shape index (κ1) is 24.2. The first-order chi connectivity index (χ1) is 16.9. The van der Waals surface area contributed by atoms with Crippen molar-refractivity contribution in [2.45, 2.75) is 49.6 Å². The lowest BCUT2D eigenvalue weighted by atomic mass is 9.74. The first-order valence-corrected chi connectivity index (χ1v) is 13.9. The number of hydrogen-bond acceptors (Lipinski definition) is 4. The van der Waals surface area contributed by atoms with Crippen LogP contribution >= 0.6 is 0 Å². The van der Waals surface area contributed by atoms with Crippen molar-refractivity contribution in [2.75, 3.05) is 26.2 Å². The molecule has 3 aromatic carbocycles. The van der Waals surface area contributed by atoms with Gasteiger partial charge in [0.05, 0.1) is 11.5 Å². The molecule has 2 heterocycles. The van der Waals surface area contributed by atoms with Crippen molar-refractivity contribution in [3.63, 3.8) is 0 Å². The summed E-state index contributed by atoms with van der Waals surface area (Å²) in [6, 6.07) is 24.4. The Balaban J connectivity index is 1.43. The molecule has 0 bridgehead atoms. The normalized spacial score (nSPS) is 23.7. The first-order valence-electron chi connectivity index (χ1n) is 12.5. The molecule has 184 valence electrons. The second-order valence-corrected chi connectivity index (χ2v) is 11.8. The van der Waals surface area contributed by atoms with Crippen molar-refractivity contribution in [3.8, 4) is 11.1 Å². The molecule has 6 heteroatoms. The van der Waals surface area contributed by atoms with E-state index in [1.807, 2.05) is 19.1 Å². The van der Waals surface area contributed by atoms with Crippen LogP contribution in [0.25, 0.3) is 11.1 Å². The van der Waals surface area contributed by atoms with E-state index in [1.54, 1.807) is 16.4 Å². The number of aryl methyl sites for hydroxylation is 2. The van der Waals surface area contributed by atoms with E-state index in [0.29, 0.717) is 18.0 Å². The number of aliphatic hydroxyl groups excluding tert-OH is 1. The average Bonchev–Trinajstić information content (AvgIpc) is 2.83. The van der Waals surface area contributed by atoms with Crippen LogP contribution in [-0.4, -0.2) is 61.1 Å². The molecule has 0 spiro atoms. The fourth-order valence-corrected chi connectivity index (χ4v) is 7.56. The molecule has 0 radical (unpaired) electrons. The summed E-state index contributed by atoms with van der Waals surface area (Å²) < 4.78 is 28.9. The van der Waals surface area contributed by atoms with E-state index in [0.717, 1.165) is 36.1 Å². The van der Waals surface area contributed by atoms with E-state index in [-0.39, 0.29) is 24.6 Å². The molecule has 3 atom stereocenters. The maximum Gasteiger partial charge on any atom is 0.243 e. The van der Waals surface area contributed by atoms with E-state index in [1.165, 1.54) is 11.1 Å². The van der Waals surface area contributed by atoms with Gasteiger partial charge in [-0.15, -0.1) is 0 Å². The van der Waals surface area contributed by atoms with Crippen LogP contribution in [0.2, 0.25) is 0 Å². The largest absolute Gasteiger partial charge is 0.395 e. The predicted octanol–water partition coefficient (Wildman–Crippen LogP) is 4.58. The molecule has 2 aliphatic rings. The molecule has 5 nitrogen and oxygen atoms in total. The van der Waals surface area contributed by atoms with Gasteiger partial charge in [0.25, 0.3) is 0 Å². The maximum atomic E-state index is 13.6. The molecular weight excluding hydrogens is 456 g/mol. The van der Waals surface area contributed by atoms with Gasteiger partial charge in [-0.2, -0.15) is 4.31 Å². The van der Waals surface area contributed by atoms with Crippen molar-refractivity contribution in [3.05, 3.63) is 89.5 Å². The summed E-state index contributed by atoms with van der Waals surface area (Å²) in [6.45, 7) is 5.89. The lowest BCUT2D eigenvalue weighted by Crippen LogP contribution is -2.67. The van der Waals surface area contributed by atoms with E-state index in [4.69, 9.17) is 0 Å². The van der Waals surface area contributed by atoms with E-state index < -0.39 is 10.0 Å². The minimum atomic E-state index is -3.59. The van der Waals surface area contributed by atoms with Crippen LogP contribution in [0.1, 0.15) is 35.4 Å². The van der Waals surface area contributed by atoms with Gasteiger partial charge in [0.1, 0.15) is 0 Å². The average molecular weight is 491 g/mol. The number of benzene rings is 3. The molecular formula is C29H34N2O3S. The van der Waals surface area contributed by atoms with Crippen LogP contribution < -0.4 is 0 Å². The highest BCUT2D eigenvalue weighted by atomic mass is 32.2. The molecule has 35 heavy (non-hydrogen) atoms. The molecule has 1 N–H and O–H groups in total. The maximum absolute atomic E-state index is 13.6. The van der Waals surface area contributed by atoms with Gasteiger partial charge in [0.2, 0.25) is 10.0 Å². The molecule has 2 fully saturated rings. The fraction of sp³-hybridized carbons (Fsp3) is 0.379. The van der Waals surface area contributed by atoms with Gasteiger partial charge >= 0.3 is 0 Å². The van der Waals surface area contributed by atoms with Crippen molar-refractivity contribution < 1.29 is 13.5 Å². The predicted molar refractivity (Wildman–Crippen MR) is 140 cm³/mol. The summed E-state index contributed by atoms with van der Waals surface area (Å²) in [5, 5.41) is 10.2. The Bertz CT molecular complexity index is 1290. The van der Waals surface area contributed by atoms with Crippen LogP contribution in [0.15, 0.2) is 77.7 Å². The van der Waals surface area contributed by atoms with Gasteiger partial charge in [0, 0.05) is 31.1 Å². The number of hydrogen-bond donors (Lipinski definition) is 1. The second-order valence-electron chi connectivity index (χ2n) is 9.91. The summed E-state index contributed by atoms with van der Waals surface area (Å²) in [5.74, 6) is 0.0965. The molecule has 0 saturated carbocycles. The Morgan fingerprint density at radius 2 is 1.63 bits per heavy atom. The highest BCUT2D eigenvalue weighted by molar-refractivity contribution is 7.89. The standard InChI is InChI=1S/C29H34N2O3S/c1-21-8-7-10-25(18-21)23-12-14-24(15-13-23)29-26-19-30(16-5-6-17-31(26)27(29)20-32)35(33,34)28-11-4-3-9-22(28)2/h3-4,7-15,18,26-27,29,32H,5-6,16-17,19-20H2,1-2H3/t26-,27-,29-/m0/s1. The zero-order valence-electron chi connectivity index (χ0n) is 20.5. The summed E-state index contributed by atoms with van der Waals surface area (Å²) >= 11 is 0. The van der Waals surface area contributed by atoms with Crippen LogP contribution in [0.3, 0.4) is 0 Å². The minimum absolute atomic E-state index is 0.0194. The molecule has 3 aromatic rings. The Kier molecular flexibility index (Phi) is 6.82. The van der Waals surface area contributed by atoms with Crippen LogP contribution in [0.4, 0.5) is 0 Å². The third kappa shape index (κ3) is 4.56. The van der Waals surface area contributed by atoms with Crippen LogP contribution in [-0.2, 0) is 10.0 Å². The van der Waals surface area contributed by atoms with Gasteiger partial charge in [-0.1, -0.05) is 72.3 Å². The molecule has 5 rings (SSSR count). The Morgan fingerprint density at radius 3 is 2.34 bits per heavy atom. The molecule has 2 saturated heterocycles. The number of aliphatic hydroxyl groups is 1. The van der Waals surface area contributed by atoms with Crippen molar-refractivity contribution in [2.24, 2.45) is 0 Å². The van der Waals surface area contributed by atoms with Crippen molar-refractivity contribution >= 4 is 10.0 Å². The van der Waals surface area contributed by atoms with Crippen LogP contribution in [0.5, 0.6) is 0 Å². The third-order valence-corrected chi connectivity index (χ3v) is 9.72. The summed E-state index contributed by atoms with van der Waals surface area (Å²) in [6.07, 6.45) is 1.74. The SMILES string of the molecule is Cc1cccc(-c2ccc([C@@H]3[C@H](CO)N4CCCCN(S(=O)(=O)c5ccccc5C)C[C@@H]34)cc2)c1. The Morgan fingerprint density at radius 1 is 0.886 bits per heavy atom. The Hall–Kier alpha value is -2.51. The lowest BCUT2D eigenvalue weighted by molar-refractivity contribution is -0.0553. The zero-order chi connectivity index (χ0) is 24.6. The smallest absolute Gasteiger partial charge is 0.243 e. The lowest BCUT2D eigenvalue weighted by Gasteiger charge is -2.57. The highest BCUT2D eigenvalue weighted by Gasteiger charge is 2.50. The zero-order valence-corrected chi connectivity index (χ0v) is 21.3. The van der Waals surface area contributed by atoms with Crippen LogP contribution in [0, 0.1) is 13.8 Å². The van der Waals surface area contributed by atoms with Gasteiger partial charge in [-0.05, 0) is 61.6 Å². The van der Waals surface area contributed by atoms with E-state index in [9.17, 15) is 13.5 Å².